The molecule has 4 rings (SSSR count). The summed E-state index contributed by atoms with van der Waals surface area (Å²) in [6, 6.07) is 0. The SMILES string of the molecule is Cc1c(C)c(C)[c-](C)c1C.Cc1c(C)c(C)[c-](C)c1C.Cc1c(C)c(C)[c-](C)c1C.Cc1c(C)c(C)[c-](C)c1C.[CH2-]O.[CH2-]O.[CH2-]O.[CH2-]O.[CH2-]O.[CH2-]O.[CH2-]O.[CH2-]O.[CH2-]O.[CH2-]O.[Fe+5].[Fe+5].[Yb].[Yb]. The molecular formula is C50H90Fe2O10Yb2-4. The van der Waals surface area contributed by atoms with Crippen LogP contribution in [-0.4, -0.2) is 51.1 Å². The van der Waals surface area contributed by atoms with Crippen LogP contribution in [0.5, 0.6) is 0 Å². The minimum atomic E-state index is 0. The Bertz CT molecular complexity index is 974. The fraction of sp³-hybridized carbons (Fsp3) is 0.400. The molecular weight excluding hydrogens is 1220 g/mol. The fourth-order valence-electron chi connectivity index (χ4n) is 5.62. The van der Waals surface area contributed by atoms with Crippen LogP contribution in [0.2, 0.25) is 0 Å². The van der Waals surface area contributed by atoms with Gasteiger partial charge in [-0.25, -0.2) is 71.1 Å². The molecule has 0 unspecified atom stereocenters. The number of aliphatic hydroxyl groups is 10. The van der Waals surface area contributed by atoms with Crippen LogP contribution in [0.1, 0.15) is 111 Å². The van der Waals surface area contributed by atoms with Crippen LogP contribution in [0.15, 0.2) is 0 Å². The molecule has 0 heterocycles. The van der Waals surface area contributed by atoms with Crippen LogP contribution in [0.3, 0.4) is 0 Å². The summed E-state index contributed by atoms with van der Waals surface area (Å²) in [7, 11) is 22.5. The van der Waals surface area contributed by atoms with E-state index < -0.39 is 0 Å². The zero-order valence-electron chi connectivity index (χ0n) is 42.8. The van der Waals surface area contributed by atoms with Crippen molar-refractivity contribution in [2.24, 2.45) is 0 Å². The Labute approximate surface area is 493 Å². The molecule has 64 heavy (non-hydrogen) atoms. The van der Waals surface area contributed by atoms with Crippen molar-refractivity contribution in [1.82, 2.24) is 0 Å². The Balaban J connectivity index is -0.0000000376. The van der Waals surface area contributed by atoms with Crippen molar-refractivity contribution in [3.05, 3.63) is 182 Å². The molecule has 0 bridgehead atoms. The molecule has 0 saturated heterocycles. The standard InChI is InChI=1S/4C10H15.10CH3O.2Fe.2Yb/c4*1-6-7(2)9(4)10(5)8(6)3;10*1-2;;;;/h4*1-5H3;10*2H,1H2;;;;/q14*-1;2*+5;;. The van der Waals surface area contributed by atoms with Crippen molar-refractivity contribution in [2.75, 3.05) is 0 Å². The summed E-state index contributed by atoms with van der Waals surface area (Å²) in [4.78, 5) is 0. The van der Waals surface area contributed by atoms with Gasteiger partial charge in [0, 0.05) is 93.8 Å². The molecule has 4 aromatic carbocycles. The molecule has 0 aliphatic carbocycles. The average Bonchev–Trinajstić information content (AvgIpc) is 3.77. The van der Waals surface area contributed by atoms with E-state index in [2.05, 4.69) is 210 Å². The Morgan fingerprint density at radius 3 is 0.266 bits per heavy atom. The summed E-state index contributed by atoms with van der Waals surface area (Å²) in [5.41, 5.74) is 29.4. The minimum absolute atomic E-state index is 0. The maximum atomic E-state index is 6.75. The summed E-state index contributed by atoms with van der Waals surface area (Å²) < 4.78 is 0. The van der Waals surface area contributed by atoms with Gasteiger partial charge in [-0.05, 0) is 0 Å². The number of rotatable bonds is 0. The summed E-state index contributed by atoms with van der Waals surface area (Å²) in [5, 5.41) is 67.5. The maximum absolute atomic E-state index is 6.75. The van der Waals surface area contributed by atoms with Gasteiger partial charge >= 0.3 is 34.1 Å². The zero-order chi connectivity index (χ0) is 51.5. The maximum Gasteiger partial charge on any atom is 5.00 e. The van der Waals surface area contributed by atoms with Gasteiger partial charge in [-0.2, -0.15) is 111 Å². The van der Waals surface area contributed by atoms with Crippen LogP contribution in [0, 0.1) is 303 Å². The van der Waals surface area contributed by atoms with E-state index in [-0.39, 0.29) is 128 Å². The molecule has 14 heteroatoms. The molecule has 0 amide bonds. The Morgan fingerprint density at radius 1 is 0.203 bits per heavy atom. The van der Waals surface area contributed by atoms with E-state index in [1.54, 1.807) is 0 Å². The monoisotopic (exact) mass is 1310 g/mol. The molecule has 0 fully saturated rings. The van der Waals surface area contributed by atoms with Crippen LogP contribution in [0.4, 0.5) is 0 Å². The topological polar surface area (TPSA) is 202 Å². The van der Waals surface area contributed by atoms with E-state index in [4.69, 9.17) is 51.1 Å². The summed E-state index contributed by atoms with van der Waals surface area (Å²) in [6.07, 6.45) is 0. The summed E-state index contributed by atoms with van der Waals surface area (Å²) in [5.74, 6) is 0. The third-order valence-corrected chi connectivity index (χ3v) is 11.2. The first-order valence-electron chi connectivity index (χ1n) is 18.2. The number of hydrogen-bond donors (Lipinski definition) is 10. The quantitative estimate of drug-likeness (QED) is 0.0596. The van der Waals surface area contributed by atoms with Gasteiger partial charge in [0.2, 0.25) is 0 Å². The molecule has 0 spiro atoms. The molecule has 10 N–H and O–H groups in total. The van der Waals surface area contributed by atoms with Gasteiger partial charge in [0.25, 0.3) is 0 Å². The van der Waals surface area contributed by atoms with Crippen molar-refractivity contribution >= 4 is 0 Å². The predicted molar refractivity (Wildman–Crippen MR) is 256 cm³/mol. The minimum Gasteiger partial charge on any atom is -0.569 e. The van der Waals surface area contributed by atoms with Gasteiger partial charge in [-0.3, -0.25) is 0 Å². The second kappa shape index (κ2) is 68.3. The second-order valence-corrected chi connectivity index (χ2v) is 12.5. The molecule has 0 aromatic heterocycles. The summed E-state index contributed by atoms with van der Waals surface area (Å²) in [6.45, 7) is 44.0. The van der Waals surface area contributed by atoms with E-state index in [1.807, 2.05) is 0 Å². The first-order chi connectivity index (χ1) is 28.2. The third-order valence-electron chi connectivity index (χ3n) is 11.2. The third kappa shape index (κ3) is 37.0. The zero-order valence-corrected chi connectivity index (χ0v) is 48.4. The van der Waals surface area contributed by atoms with E-state index in [0.717, 1.165) is 0 Å². The van der Waals surface area contributed by atoms with Crippen molar-refractivity contribution in [2.45, 2.75) is 138 Å². The van der Waals surface area contributed by atoms with Crippen LogP contribution < -0.4 is 0 Å². The van der Waals surface area contributed by atoms with E-state index in [9.17, 15) is 0 Å². The number of hydrogen-bond acceptors (Lipinski definition) is 10. The fourth-order valence-corrected chi connectivity index (χ4v) is 5.62. The van der Waals surface area contributed by atoms with E-state index in [0.29, 0.717) is 0 Å². The first-order valence-corrected chi connectivity index (χ1v) is 18.2. The van der Waals surface area contributed by atoms with Gasteiger partial charge in [-0.15, -0.1) is 0 Å². The number of aliphatic hydroxyl groups excluding tert-OH is 10. The van der Waals surface area contributed by atoms with Gasteiger partial charge in [0.1, 0.15) is 0 Å². The van der Waals surface area contributed by atoms with Gasteiger partial charge < -0.3 is 51.1 Å². The smallest absolute Gasteiger partial charge is 0.569 e. The van der Waals surface area contributed by atoms with Crippen molar-refractivity contribution in [1.29, 1.82) is 0 Å². The molecule has 2 radical (unpaired) electrons. The average molecular weight is 1310 g/mol. The molecule has 0 aliphatic rings. The Kier molecular flexibility index (Phi) is 109. The van der Waals surface area contributed by atoms with Crippen LogP contribution in [0.25, 0.3) is 0 Å². The molecule has 4 aromatic rings. The van der Waals surface area contributed by atoms with Gasteiger partial charge in [0.15, 0.2) is 0 Å². The molecule has 0 aliphatic heterocycles. The van der Waals surface area contributed by atoms with Crippen LogP contribution in [-0.2, 0) is 34.1 Å². The first kappa shape index (κ1) is 102. The molecule has 398 valence electrons. The van der Waals surface area contributed by atoms with Gasteiger partial charge in [-0.1, -0.05) is 138 Å². The Hall–Kier alpha value is 1.08. The molecule has 0 saturated carbocycles. The van der Waals surface area contributed by atoms with Crippen LogP contribution >= 0.6 is 0 Å². The van der Waals surface area contributed by atoms with Crippen molar-refractivity contribution in [3.63, 3.8) is 0 Å². The largest absolute Gasteiger partial charge is 5.00 e. The van der Waals surface area contributed by atoms with E-state index in [1.165, 1.54) is 111 Å². The summed E-state index contributed by atoms with van der Waals surface area (Å²) >= 11 is 0. The Morgan fingerprint density at radius 2 is 0.250 bits per heavy atom. The molecule has 0 atom stereocenters. The van der Waals surface area contributed by atoms with Gasteiger partial charge in [0.05, 0.1) is 0 Å². The van der Waals surface area contributed by atoms with Crippen molar-refractivity contribution < 1.29 is 179 Å². The molecule has 10 nitrogen and oxygen atoms in total. The van der Waals surface area contributed by atoms with Crippen molar-refractivity contribution in [3.8, 4) is 0 Å². The van der Waals surface area contributed by atoms with E-state index >= 15 is 0 Å². The normalized spacial score (nSPS) is 7.50. The predicted octanol–water partition coefficient (Wildman–Crippen LogP) is 13.3. The second-order valence-electron chi connectivity index (χ2n) is 12.5.